The highest BCUT2D eigenvalue weighted by Crippen LogP contribution is 2.34. The van der Waals surface area contributed by atoms with Gasteiger partial charge >= 0.3 is 6.03 Å². The molecule has 3 aromatic rings. The summed E-state index contributed by atoms with van der Waals surface area (Å²) in [4.78, 5) is 43.7. The number of benzene rings is 2. The minimum Gasteiger partial charge on any atom is -0.358 e. The first-order valence-electron chi connectivity index (χ1n) is 10.3. The van der Waals surface area contributed by atoms with E-state index in [1.54, 1.807) is 0 Å². The number of para-hydroxylation sites is 1. The lowest BCUT2D eigenvalue weighted by atomic mass is 9.85. The third kappa shape index (κ3) is 3.18. The Morgan fingerprint density at radius 3 is 2.47 bits per heavy atom. The standard InChI is InChI=1S/C24H25N3O3/c1-3-4-14-24(17-10-6-5-7-11-17)22(29)27(23(30)26-24)15-20(28)21-16(2)25-19-13-9-8-12-18(19)21/h5-13,25H,3-4,14-15H2,1-2H3,(H,26,30). The molecule has 4 rings (SSSR count). The lowest BCUT2D eigenvalue weighted by molar-refractivity contribution is -0.131. The van der Waals surface area contributed by atoms with E-state index < -0.39 is 11.6 Å². The van der Waals surface area contributed by atoms with Crippen molar-refractivity contribution in [1.82, 2.24) is 15.2 Å². The summed E-state index contributed by atoms with van der Waals surface area (Å²) < 4.78 is 0. The number of urea groups is 1. The highest BCUT2D eigenvalue weighted by Gasteiger charge is 2.52. The number of aryl methyl sites for hydroxylation is 1. The van der Waals surface area contributed by atoms with Gasteiger partial charge in [0.1, 0.15) is 5.54 Å². The Labute approximate surface area is 175 Å². The van der Waals surface area contributed by atoms with Crippen molar-refractivity contribution < 1.29 is 14.4 Å². The van der Waals surface area contributed by atoms with Crippen LogP contribution in [0.4, 0.5) is 4.79 Å². The number of aromatic nitrogens is 1. The van der Waals surface area contributed by atoms with Crippen LogP contribution in [0.3, 0.4) is 0 Å². The predicted octanol–water partition coefficient (Wildman–Crippen LogP) is 4.30. The maximum atomic E-state index is 13.5. The van der Waals surface area contributed by atoms with Gasteiger partial charge in [0, 0.05) is 22.2 Å². The minimum absolute atomic E-state index is 0.257. The molecular weight excluding hydrogens is 378 g/mol. The topological polar surface area (TPSA) is 82.3 Å². The Morgan fingerprint density at radius 2 is 1.73 bits per heavy atom. The number of hydrogen-bond donors (Lipinski definition) is 2. The molecule has 2 N–H and O–H groups in total. The Balaban J connectivity index is 1.66. The molecule has 3 amide bonds. The number of carbonyl (C=O) groups excluding carboxylic acids is 3. The Hall–Kier alpha value is -3.41. The maximum Gasteiger partial charge on any atom is 0.325 e. The van der Waals surface area contributed by atoms with Crippen molar-refractivity contribution in [2.75, 3.05) is 6.54 Å². The smallest absolute Gasteiger partial charge is 0.325 e. The van der Waals surface area contributed by atoms with Crippen LogP contribution in [-0.2, 0) is 10.3 Å². The van der Waals surface area contributed by atoms with E-state index in [-0.39, 0.29) is 18.2 Å². The molecule has 1 aliphatic rings. The molecule has 1 fully saturated rings. The number of imide groups is 1. The van der Waals surface area contributed by atoms with Crippen LogP contribution in [0, 0.1) is 6.92 Å². The van der Waals surface area contributed by atoms with E-state index in [0.717, 1.165) is 39.9 Å². The molecule has 1 saturated heterocycles. The SMILES string of the molecule is CCCCC1(c2ccccc2)NC(=O)N(CC(=O)c2c(C)[nH]c3ccccc23)C1=O. The lowest BCUT2D eigenvalue weighted by Crippen LogP contribution is -2.44. The molecule has 0 radical (unpaired) electrons. The van der Waals surface area contributed by atoms with Crippen LogP contribution in [0.2, 0.25) is 0 Å². The molecule has 0 saturated carbocycles. The molecule has 0 aliphatic carbocycles. The molecule has 30 heavy (non-hydrogen) atoms. The number of rotatable bonds is 7. The maximum absolute atomic E-state index is 13.5. The van der Waals surface area contributed by atoms with Gasteiger partial charge in [0.15, 0.2) is 5.78 Å². The summed E-state index contributed by atoms with van der Waals surface area (Å²) in [6.45, 7) is 3.59. The molecule has 0 bridgehead atoms. The van der Waals surface area contributed by atoms with Crippen molar-refractivity contribution in [1.29, 1.82) is 0 Å². The summed E-state index contributed by atoms with van der Waals surface area (Å²) in [5.41, 5.74) is 1.74. The van der Waals surface area contributed by atoms with Gasteiger partial charge in [-0.2, -0.15) is 0 Å². The Kier molecular flexibility index (Phi) is 5.16. The van der Waals surface area contributed by atoms with Gasteiger partial charge in [0.25, 0.3) is 5.91 Å². The monoisotopic (exact) mass is 403 g/mol. The first kappa shape index (κ1) is 19.9. The van der Waals surface area contributed by atoms with Gasteiger partial charge in [-0.05, 0) is 25.0 Å². The number of H-pyrrole nitrogens is 1. The second-order valence-corrected chi connectivity index (χ2v) is 7.79. The van der Waals surface area contributed by atoms with E-state index in [1.165, 1.54) is 0 Å². The van der Waals surface area contributed by atoms with Gasteiger partial charge in [-0.1, -0.05) is 68.3 Å². The zero-order valence-corrected chi connectivity index (χ0v) is 17.2. The highest BCUT2D eigenvalue weighted by molar-refractivity contribution is 6.15. The van der Waals surface area contributed by atoms with Crippen LogP contribution in [0.25, 0.3) is 10.9 Å². The molecule has 2 aromatic carbocycles. The van der Waals surface area contributed by atoms with E-state index in [0.29, 0.717) is 12.0 Å². The van der Waals surface area contributed by atoms with Crippen molar-refractivity contribution in [3.63, 3.8) is 0 Å². The van der Waals surface area contributed by atoms with Gasteiger partial charge in [-0.3, -0.25) is 14.5 Å². The van der Waals surface area contributed by atoms with Crippen molar-refractivity contribution in [3.05, 3.63) is 71.4 Å². The Morgan fingerprint density at radius 1 is 1.03 bits per heavy atom. The number of Topliss-reactive ketones (excluding diaryl/α,β-unsaturated/α-hetero) is 1. The summed E-state index contributed by atoms with van der Waals surface area (Å²) >= 11 is 0. The summed E-state index contributed by atoms with van der Waals surface area (Å²) in [5, 5.41) is 3.70. The Bertz CT molecular complexity index is 1120. The van der Waals surface area contributed by atoms with Gasteiger partial charge in [-0.15, -0.1) is 0 Å². The van der Waals surface area contributed by atoms with Crippen molar-refractivity contribution in [3.8, 4) is 0 Å². The number of aromatic amines is 1. The number of nitrogens with zero attached hydrogens (tertiary/aromatic N) is 1. The van der Waals surface area contributed by atoms with Crippen molar-refractivity contribution in [2.45, 2.75) is 38.6 Å². The third-order valence-corrected chi connectivity index (χ3v) is 5.82. The number of nitrogens with one attached hydrogen (secondary N) is 2. The first-order valence-corrected chi connectivity index (χ1v) is 10.3. The number of amides is 3. The van der Waals surface area contributed by atoms with Crippen LogP contribution >= 0.6 is 0 Å². The zero-order valence-electron chi connectivity index (χ0n) is 17.2. The molecule has 2 heterocycles. The molecule has 6 nitrogen and oxygen atoms in total. The second kappa shape index (κ2) is 7.78. The summed E-state index contributed by atoms with van der Waals surface area (Å²) in [7, 11) is 0. The average Bonchev–Trinajstić information content (AvgIpc) is 3.21. The third-order valence-electron chi connectivity index (χ3n) is 5.82. The predicted molar refractivity (Wildman–Crippen MR) is 115 cm³/mol. The number of carbonyl (C=O) groups is 3. The van der Waals surface area contributed by atoms with Gasteiger partial charge in [-0.25, -0.2) is 4.79 Å². The fourth-order valence-corrected chi connectivity index (χ4v) is 4.30. The zero-order chi connectivity index (χ0) is 21.3. The molecule has 0 spiro atoms. The largest absolute Gasteiger partial charge is 0.358 e. The van der Waals surface area contributed by atoms with Crippen LogP contribution in [0.5, 0.6) is 0 Å². The number of fused-ring (bicyclic) bond motifs is 1. The molecule has 1 atom stereocenters. The molecule has 6 heteroatoms. The summed E-state index contributed by atoms with van der Waals surface area (Å²) in [6.07, 6.45) is 2.17. The normalized spacial score (nSPS) is 18.8. The summed E-state index contributed by atoms with van der Waals surface area (Å²) in [6, 6.07) is 16.3. The van der Waals surface area contributed by atoms with E-state index in [9.17, 15) is 14.4 Å². The molecule has 154 valence electrons. The van der Waals surface area contributed by atoms with Gasteiger partial charge < -0.3 is 10.3 Å². The fourth-order valence-electron chi connectivity index (χ4n) is 4.30. The number of hydrogen-bond acceptors (Lipinski definition) is 3. The van der Waals surface area contributed by atoms with E-state index in [4.69, 9.17) is 0 Å². The molecule has 1 aliphatic heterocycles. The quantitative estimate of drug-likeness (QED) is 0.456. The van der Waals surface area contributed by atoms with Crippen molar-refractivity contribution in [2.24, 2.45) is 0 Å². The lowest BCUT2D eigenvalue weighted by Gasteiger charge is -2.27. The van der Waals surface area contributed by atoms with Crippen LogP contribution in [-0.4, -0.2) is 34.2 Å². The first-order chi connectivity index (χ1) is 14.5. The summed E-state index contributed by atoms with van der Waals surface area (Å²) in [5.74, 6) is -0.620. The number of ketones is 1. The fraction of sp³-hybridized carbons (Fsp3) is 0.292. The van der Waals surface area contributed by atoms with E-state index in [2.05, 4.69) is 10.3 Å². The second-order valence-electron chi connectivity index (χ2n) is 7.79. The van der Waals surface area contributed by atoms with Gasteiger partial charge in [0.2, 0.25) is 0 Å². The average molecular weight is 403 g/mol. The molecule has 1 aromatic heterocycles. The minimum atomic E-state index is -1.12. The number of unbranched alkanes of at least 4 members (excludes halogenated alkanes) is 1. The van der Waals surface area contributed by atoms with E-state index in [1.807, 2.05) is 68.4 Å². The van der Waals surface area contributed by atoms with E-state index >= 15 is 0 Å². The van der Waals surface area contributed by atoms with Crippen LogP contribution in [0.15, 0.2) is 54.6 Å². The molecular formula is C24H25N3O3. The van der Waals surface area contributed by atoms with Crippen LogP contribution in [0.1, 0.15) is 47.8 Å². The van der Waals surface area contributed by atoms with Crippen LogP contribution < -0.4 is 5.32 Å². The van der Waals surface area contributed by atoms with Crippen molar-refractivity contribution >= 4 is 28.6 Å². The van der Waals surface area contributed by atoms with Gasteiger partial charge in [0.05, 0.1) is 6.54 Å². The molecule has 1 unspecified atom stereocenters. The highest BCUT2D eigenvalue weighted by atomic mass is 16.2.